The van der Waals surface area contributed by atoms with Crippen molar-refractivity contribution in [2.24, 2.45) is 0 Å². The van der Waals surface area contributed by atoms with E-state index in [4.69, 9.17) is 4.74 Å². The molecule has 1 rings (SSSR count). The molecule has 0 fully saturated rings. The lowest BCUT2D eigenvalue weighted by atomic mass is 10.1. The van der Waals surface area contributed by atoms with E-state index < -0.39 is 0 Å². The van der Waals surface area contributed by atoms with E-state index in [9.17, 15) is 0 Å². The van der Waals surface area contributed by atoms with E-state index in [1.54, 1.807) is 7.11 Å². The third-order valence-electron chi connectivity index (χ3n) is 1.81. The van der Waals surface area contributed by atoms with E-state index in [0.717, 1.165) is 10.9 Å². The maximum absolute atomic E-state index is 5.18. The molecule has 12 heavy (non-hydrogen) atoms. The van der Waals surface area contributed by atoms with Gasteiger partial charge in [0, 0.05) is 11.6 Å². The van der Waals surface area contributed by atoms with Gasteiger partial charge in [-0.2, -0.15) is 0 Å². The summed E-state index contributed by atoms with van der Waals surface area (Å²) in [6.45, 7) is 2.07. The smallest absolute Gasteiger partial charge is 0.0583 e. The Morgan fingerprint density at radius 3 is 2.83 bits per heavy atom. The Kier molecular flexibility index (Phi) is 3.76. The first kappa shape index (κ1) is 9.75. The minimum Gasteiger partial charge on any atom is -0.381 e. The van der Waals surface area contributed by atoms with Crippen molar-refractivity contribution < 1.29 is 4.74 Å². The second kappa shape index (κ2) is 4.63. The highest BCUT2D eigenvalue weighted by atomic mass is 79.9. The maximum atomic E-state index is 5.18. The van der Waals surface area contributed by atoms with Crippen molar-refractivity contribution in [1.29, 1.82) is 0 Å². The van der Waals surface area contributed by atoms with Crippen LogP contribution in [0.4, 0.5) is 0 Å². The van der Waals surface area contributed by atoms with Gasteiger partial charge in [-0.1, -0.05) is 28.1 Å². The summed E-state index contributed by atoms with van der Waals surface area (Å²) < 4.78 is 6.31. The lowest BCUT2D eigenvalue weighted by Crippen LogP contribution is -2.08. The van der Waals surface area contributed by atoms with Crippen LogP contribution < -0.4 is 0 Å². The van der Waals surface area contributed by atoms with E-state index >= 15 is 0 Å². The standard InChI is InChI=1S/C10H13BrO/c1-8(12-2)6-9-4-3-5-10(11)7-9/h3-5,7-8H,6H2,1-2H3. The van der Waals surface area contributed by atoms with Gasteiger partial charge in [0.25, 0.3) is 0 Å². The largest absolute Gasteiger partial charge is 0.381 e. The summed E-state index contributed by atoms with van der Waals surface area (Å²) in [6, 6.07) is 8.30. The Morgan fingerprint density at radius 2 is 2.25 bits per heavy atom. The second-order valence-corrected chi connectivity index (χ2v) is 3.80. The molecule has 0 N–H and O–H groups in total. The van der Waals surface area contributed by atoms with E-state index in [0.29, 0.717) is 6.10 Å². The number of benzene rings is 1. The normalized spacial score (nSPS) is 12.9. The van der Waals surface area contributed by atoms with Crippen LogP contribution in [0, 0.1) is 0 Å². The molecule has 0 radical (unpaired) electrons. The number of ether oxygens (including phenoxy) is 1. The molecule has 2 heteroatoms. The quantitative estimate of drug-likeness (QED) is 0.774. The second-order valence-electron chi connectivity index (χ2n) is 2.88. The van der Waals surface area contributed by atoms with Gasteiger partial charge in [-0.15, -0.1) is 0 Å². The Morgan fingerprint density at radius 1 is 1.50 bits per heavy atom. The summed E-state index contributed by atoms with van der Waals surface area (Å²) in [5, 5.41) is 0. The zero-order chi connectivity index (χ0) is 8.97. The molecule has 1 aromatic carbocycles. The zero-order valence-corrected chi connectivity index (χ0v) is 8.97. The highest BCUT2D eigenvalue weighted by Crippen LogP contribution is 2.13. The van der Waals surface area contributed by atoms with Gasteiger partial charge in [0.15, 0.2) is 0 Å². The Bertz CT molecular complexity index is 247. The first-order valence-electron chi connectivity index (χ1n) is 3.99. The van der Waals surface area contributed by atoms with Crippen molar-refractivity contribution in [3.8, 4) is 0 Å². The lowest BCUT2D eigenvalue weighted by Gasteiger charge is -2.08. The van der Waals surface area contributed by atoms with Gasteiger partial charge < -0.3 is 4.74 Å². The summed E-state index contributed by atoms with van der Waals surface area (Å²) >= 11 is 3.43. The van der Waals surface area contributed by atoms with Gasteiger partial charge in [-0.05, 0) is 31.0 Å². The Balaban J connectivity index is 2.63. The van der Waals surface area contributed by atoms with Crippen LogP contribution in [-0.4, -0.2) is 13.2 Å². The zero-order valence-electron chi connectivity index (χ0n) is 7.38. The van der Waals surface area contributed by atoms with Crippen LogP contribution in [0.25, 0.3) is 0 Å². The van der Waals surface area contributed by atoms with Gasteiger partial charge in [-0.25, -0.2) is 0 Å². The molecule has 0 bridgehead atoms. The van der Waals surface area contributed by atoms with Gasteiger partial charge in [-0.3, -0.25) is 0 Å². The highest BCUT2D eigenvalue weighted by Gasteiger charge is 2.00. The Labute approximate surface area is 81.9 Å². The maximum Gasteiger partial charge on any atom is 0.0583 e. The van der Waals surface area contributed by atoms with Crippen molar-refractivity contribution in [2.45, 2.75) is 19.4 Å². The van der Waals surface area contributed by atoms with Crippen LogP contribution in [0.2, 0.25) is 0 Å². The molecule has 1 aromatic rings. The summed E-state index contributed by atoms with van der Waals surface area (Å²) in [5.74, 6) is 0. The fourth-order valence-electron chi connectivity index (χ4n) is 1.08. The first-order valence-corrected chi connectivity index (χ1v) is 4.79. The summed E-state index contributed by atoms with van der Waals surface area (Å²) in [7, 11) is 1.74. The minimum atomic E-state index is 0.291. The predicted molar refractivity (Wildman–Crippen MR) is 54.3 cm³/mol. The highest BCUT2D eigenvalue weighted by molar-refractivity contribution is 9.10. The van der Waals surface area contributed by atoms with E-state index in [1.165, 1.54) is 5.56 Å². The van der Waals surface area contributed by atoms with Gasteiger partial charge >= 0.3 is 0 Å². The molecular weight excluding hydrogens is 216 g/mol. The van der Waals surface area contributed by atoms with Crippen LogP contribution in [0.5, 0.6) is 0 Å². The number of hydrogen-bond acceptors (Lipinski definition) is 1. The molecule has 66 valence electrons. The number of rotatable bonds is 3. The third-order valence-corrected chi connectivity index (χ3v) is 2.31. The lowest BCUT2D eigenvalue weighted by molar-refractivity contribution is 0.119. The summed E-state index contributed by atoms with van der Waals surface area (Å²) in [4.78, 5) is 0. The first-order chi connectivity index (χ1) is 5.72. The van der Waals surface area contributed by atoms with Crippen LogP contribution in [0.1, 0.15) is 12.5 Å². The molecule has 0 saturated carbocycles. The predicted octanol–water partition coefficient (Wildman–Crippen LogP) is 3.03. The van der Waals surface area contributed by atoms with Crippen molar-refractivity contribution in [3.63, 3.8) is 0 Å². The summed E-state index contributed by atoms with van der Waals surface area (Å²) in [6.07, 6.45) is 1.26. The topological polar surface area (TPSA) is 9.23 Å². The molecule has 0 heterocycles. The summed E-state index contributed by atoms with van der Waals surface area (Å²) in [5.41, 5.74) is 1.30. The molecule has 0 spiro atoms. The number of hydrogen-bond donors (Lipinski definition) is 0. The molecule has 0 aromatic heterocycles. The molecule has 0 saturated heterocycles. The van der Waals surface area contributed by atoms with Crippen molar-refractivity contribution in [1.82, 2.24) is 0 Å². The molecule has 1 nitrogen and oxygen atoms in total. The molecular formula is C10H13BrO. The van der Waals surface area contributed by atoms with Gasteiger partial charge in [0.1, 0.15) is 0 Å². The molecule has 0 aliphatic carbocycles. The van der Waals surface area contributed by atoms with Crippen molar-refractivity contribution in [3.05, 3.63) is 34.3 Å². The molecule has 1 atom stereocenters. The van der Waals surface area contributed by atoms with Crippen LogP contribution >= 0.6 is 15.9 Å². The van der Waals surface area contributed by atoms with Crippen molar-refractivity contribution in [2.75, 3.05) is 7.11 Å². The SMILES string of the molecule is COC(C)Cc1cccc(Br)c1. The molecule has 0 aliphatic rings. The third kappa shape index (κ3) is 2.95. The van der Waals surface area contributed by atoms with Crippen LogP contribution in [0.15, 0.2) is 28.7 Å². The fourth-order valence-corrected chi connectivity index (χ4v) is 1.53. The van der Waals surface area contributed by atoms with Crippen molar-refractivity contribution >= 4 is 15.9 Å². The monoisotopic (exact) mass is 228 g/mol. The van der Waals surface area contributed by atoms with E-state index in [1.807, 2.05) is 12.1 Å². The average Bonchev–Trinajstić information content (AvgIpc) is 2.04. The molecule has 0 aliphatic heterocycles. The fraction of sp³-hybridized carbons (Fsp3) is 0.400. The minimum absolute atomic E-state index is 0.291. The number of halogens is 1. The molecule has 0 amide bonds. The van der Waals surface area contributed by atoms with E-state index in [2.05, 4.69) is 35.0 Å². The van der Waals surface area contributed by atoms with E-state index in [-0.39, 0.29) is 0 Å². The van der Waals surface area contributed by atoms with Crippen LogP contribution in [0.3, 0.4) is 0 Å². The molecule has 1 unspecified atom stereocenters. The number of methoxy groups -OCH3 is 1. The Hall–Kier alpha value is -0.340. The average molecular weight is 229 g/mol. The van der Waals surface area contributed by atoms with Crippen LogP contribution in [-0.2, 0) is 11.2 Å². The van der Waals surface area contributed by atoms with Gasteiger partial charge in [0.05, 0.1) is 6.10 Å². The van der Waals surface area contributed by atoms with Gasteiger partial charge in [0.2, 0.25) is 0 Å².